The van der Waals surface area contributed by atoms with Crippen molar-refractivity contribution >= 4 is 39.5 Å². The van der Waals surface area contributed by atoms with Crippen LogP contribution in [-0.2, 0) is 65.4 Å². The molecule has 0 aliphatic carbocycles. The summed E-state index contributed by atoms with van der Waals surface area (Å²) >= 11 is 0. The third-order valence-electron chi connectivity index (χ3n) is 15.4. The Morgan fingerprint density at radius 2 is 0.551 bits per heavy atom. The Morgan fingerprint density at radius 3 is 0.878 bits per heavy atom. The summed E-state index contributed by atoms with van der Waals surface area (Å²) < 4.78 is 68.4. The number of aliphatic hydroxyl groups is 1. The van der Waals surface area contributed by atoms with Gasteiger partial charge >= 0.3 is 39.5 Å². The van der Waals surface area contributed by atoms with Gasteiger partial charge in [0.2, 0.25) is 0 Å². The zero-order valence-corrected chi connectivity index (χ0v) is 63.0. The molecule has 0 rings (SSSR count). The van der Waals surface area contributed by atoms with Crippen LogP contribution in [0.4, 0.5) is 0 Å². The molecule has 0 aromatic heterocycles. The number of aliphatic hydroxyl groups excluding tert-OH is 1. The zero-order chi connectivity index (χ0) is 71.8. The third-order valence-corrected chi connectivity index (χ3v) is 17.3. The van der Waals surface area contributed by atoms with E-state index in [1.807, 2.05) is 0 Å². The Kier molecular flexibility index (Phi) is 67.6. The Morgan fingerprint density at radius 1 is 0.296 bits per heavy atom. The summed E-state index contributed by atoms with van der Waals surface area (Å²) in [6, 6.07) is 0. The number of phosphoric ester groups is 2. The van der Waals surface area contributed by atoms with Gasteiger partial charge in [0.25, 0.3) is 0 Å². The first kappa shape index (κ1) is 93.5. The second kappa shape index (κ2) is 70.9. The minimum atomic E-state index is -4.99. The van der Waals surface area contributed by atoms with Crippen LogP contribution < -0.4 is 0 Å². The van der Waals surface area contributed by atoms with Gasteiger partial charge in [0.15, 0.2) is 12.2 Å². The van der Waals surface area contributed by atoms with Gasteiger partial charge < -0.3 is 33.8 Å². The predicted molar refractivity (Wildman–Crippen MR) is 399 cm³/mol. The van der Waals surface area contributed by atoms with Crippen molar-refractivity contribution in [2.45, 2.75) is 316 Å². The molecule has 0 aliphatic heterocycles. The molecule has 0 saturated heterocycles. The van der Waals surface area contributed by atoms with Crippen molar-refractivity contribution in [3.63, 3.8) is 0 Å². The highest BCUT2D eigenvalue weighted by atomic mass is 31.2. The van der Waals surface area contributed by atoms with Crippen LogP contribution in [-0.4, -0.2) is 96.7 Å². The van der Waals surface area contributed by atoms with Crippen molar-refractivity contribution in [3.8, 4) is 0 Å². The number of rotatable bonds is 70. The molecule has 98 heavy (non-hydrogen) atoms. The summed E-state index contributed by atoms with van der Waals surface area (Å²) in [5.74, 6) is -2.26. The number of phosphoric acid groups is 2. The smallest absolute Gasteiger partial charge is 0.462 e. The molecule has 0 heterocycles. The van der Waals surface area contributed by atoms with E-state index in [9.17, 15) is 43.2 Å². The fourth-order valence-corrected chi connectivity index (χ4v) is 11.3. The molecule has 0 amide bonds. The average molecular weight is 1420 g/mol. The minimum absolute atomic E-state index is 0.0345. The van der Waals surface area contributed by atoms with E-state index in [0.29, 0.717) is 32.1 Å². The van der Waals surface area contributed by atoms with Crippen LogP contribution in [0.5, 0.6) is 0 Å². The summed E-state index contributed by atoms with van der Waals surface area (Å²) in [7, 11) is -9.97. The number of ether oxygens (including phenoxy) is 4. The van der Waals surface area contributed by atoms with E-state index in [2.05, 4.69) is 149 Å². The molecule has 0 radical (unpaired) electrons. The van der Waals surface area contributed by atoms with E-state index < -0.39 is 97.5 Å². The lowest BCUT2D eigenvalue weighted by Gasteiger charge is -2.21. The Labute approximate surface area is 593 Å². The molecule has 0 spiro atoms. The topological polar surface area (TPSA) is 237 Å². The number of hydrogen-bond donors (Lipinski definition) is 3. The van der Waals surface area contributed by atoms with Gasteiger partial charge in [0.1, 0.15) is 19.3 Å². The summed E-state index contributed by atoms with van der Waals surface area (Å²) in [6.45, 7) is 4.49. The molecule has 0 aromatic carbocycles. The van der Waals surface area contributed by atoms with E-state index in [1.165, 1.54) is 51.4 Å². The molecule has 5 atom stereocenters. The van der Waals surface area contributed by atoms with E-state index >= 15 is 0 Å². The number of allylic oxidation sites excluding steroid dienone is 20. The van der Waals surface area contributed by atoms with Crippen LogP contribution in [0.1, 0.15) is 297 Å². The molecule has 0 aliphatic rings. The van der Waals surface area contributed by atoms with Crippen LogP contribution in [0, 0.1) is 0 Å². The first-order valence-corrected chi connectivity index (χ1v) is 40.8. The average Bonchev–Trinajstić information content (AvgIpc) is 1.05. The van der Waals surface area contributed by atoms with E-state index in [4.69, 9.17) is 37.0 Å². The van der Waals surface area contributed by atoms with Crippen LogP contribution in [0.3, 0.4) is 0 Å². The van der Waals surface area contributed by atoms with Crippen molar-refractivity contribution in [1.29, 1.82) is 0 Å². The molecular weight excluding hydrogens is 1280 g/mol. The number of unbranched alkanes of at least 4 members (excludes halogenated alkanes) is 24. The molecule has 0 aromatic rings. The number of carbonyl (C=O) groups is 4. The van der Waals surface area contributed by atoms with Crippen molar-refractivity contribution in [2.24, 2.45) is 0 Å². The number of carbonyl (C=O) groups excluding carboxylic acids is 4. The zero-order valence-electron chi connectivity index (χ0n) is 61.2. The Hall–Kier alpha value is -4.54. The summed E-state index contributed by atoms with van der Waals surface area (Å²) in [4.78, 5) is 72.8. The van der Waals surface area contributed by atoms with Gasteiger partial charge in [-0.25, -0.2) is 9.13 Å². The monoisotopic (exact) mass is 1420 g/mol. The lowest BCUT2D eigenvalue weighted by atomic mass is 10.0. The number of esters is 4. The highest BCUT2D eigenvalue weighted by Crippen LogP contribution is 2.45. The molecule has 562 valence electrons. The van der Waals surface area contributed by atoms with Gasteiger partial charge in [-0.3, -0.25) is 37.3 Å². The highest BCUT2D eigenvalue weighted by Gasteiger charge is 2.30. The highest BCUT2D eigenvalue weighted by molar-refractivity contribution is 7.47. The van der Waals surface area contributed by atoms with E-state index in [1.54, 1.807) is 0 Å². The van der Waals surface area contributed by atoms with Crippen molar-refractivity contribution < 1.29 is 80.2 Å². The maximum Gasteiger partial charge on any atom is 0.472 e. The lowest BCUT2D eigenvalue weighted by Crippen LogP contribution is -2.30. The van der Waals surface area contributed by atoms with Crippen molar-refractivity contribution in [3.05, 3.63) is 122 Å². The molecular formula is C79H134O17P2. The van der Waals surface area contributed by atoms with Crippen molar-refractivity contribution in [2.75, 3.05) is 39.6 Å². The standard InChI is InChI=1S/C79H134O17P2/c1-5-9-13-17-21-25-29-33-35-36-38-41-44-48-52-56-60-64-77(82)90-70-75(96-79(84)66-62-58-54-50-46-42-37-34-30-26-22-18-14-10-6-2)72-94-98(87,88)92-68-73(80)67-91-97(85,86)93-71-74(95-78(83)65-61-57-53-49-45-40-32-28-24-20-16-12-8-4)69-89-76(81)63-59-55-51-47-43-39-31-27-23-19-15-11-7-3/h9-10,13-15,19,21-22,25-27,31,33-35,37-38,41,46,50,73-75,80H,5-8,11-12,16-18,20,23-24,28-30,32,36,39-40,42-45,47-49,51-72H2,1-4H3,(H,85,86)(H,87,88)/b13-9-,14-10-,19-15-,25-21-,26-22-,31-27-,35-33-,37-34-,41-38-,50-46-. The second-order valence-electron chi connectivity index (χ2n) is 24.8. The second-order valence-corrected chi connectivity index (χ2v) is 27.7. The fraction of sp³-hybridized carbons (Fsp3) is 0.696. The Bertz CT molecular complexity index is 2340. The van der Waals surface area contributed by atoms with Crippen LogP contribution in [0.25, 0.3) is 0 Å². The fourth-order valence-electron chi connectivity index (χ4n) is 9.71. The van der Waals surface area contributed by atoms with Gasteiger partial charge in [-0.1, -0.05) is 265 Å². The lowest BCUT2D eigenvalue weighted by molar-refractivity contribution is -0.161. The summed E-state index contributed by atoms with van der Waals surface area (Å²) in [5.41, 5.74) is 0. The predicted octanol–water partition coefficient (Wildman–Crippen LogP) is 21.6. The van der Waals surface area contributed by atoms with Crippen molar-refractivity contribution in [1.82, 2.24) is 0 Å². The first-order chi connectivity index (χ1) is 47.7. The van der Waals surface area contributed by atoms with Gasteiger partial charge in [0, 0.05) is 25.7 Å². The molecule has 0 saturated carbocycles. The maximum absolute atomic E-state index is 13.1. The summed E-state index contributed by atoms with van der Waals surface area (Å²) in [5, 5.41) is 10.6. The van der Waals surface area contributed by atoms with E-state index in [-0.39, 0.29) is 25.7 Å². The SMILES string of the molecule is CC/C=C\C/C=C\C/C=C\C/C=C\CCCCCCC(=O)OCC(COP(=O)(O)OCC(O)COP(=O)(O)OCC(COC(=O)CCCCCCC/C=C\C/C=C\CCC)OC(=O)CCCCCCCCCCCCCCC)OC(=O)CCCC/C=C\C/C=C\C/C=C\C/C=C\CC. The van der Waals surface area contributed by atoms with Gasteiger partial charge in [-0.05, 0) is 128 Å². The largest absolute Gasteiger partial charge is 0.472 e. The molecule has 3 N–H and O–H groups in total. The first-order valence-electron chi connectivity index (χ1n) is 37.8. The van der Waals surface area contributed by atoms with E-state index in [0.717, 1.165) is 161 Å². The minimum Gasteiger partial charge on any atom is -0.462 e. The molecule has 19 heteroatoms. The van der Waals surface area contributed by atoms with Crippen LogP contribution in [0.2, 0.25) is 0 Å². The third kappa shape index (κ3) is 69.9. The molecule has 5 unspecified atom stereocenters. The number of hydrogen-bond acceptors (Lipinski definition) is 15. The summed E-state index contributed by atoms with van der Waals surface area (Å²) in [6.07, 6.45) is 76.2. The molecule has 0 fully saturated rings. The quantitative estimate of drug-likeness (QED) is 0.0169. The maximum atomic E-state index is 13.1. The normalized spacial score (nSPS) is 14.6. The molecule has 0 bridgehead atoms. The van der Waals surface area contributed by atoms with Gasteiger partial charge in [-0.2, -0.15) is 0 Å². The Balaban J connectivity index is 5.41. The van der Waals surface area contributed by atoms with Crippen LogP contribution in [0.15, 0.2) is 122 Å². The molecule has 17 nitrogen and oxygen atoms in total. The van der Waals surface area contributed by atoms with Crippen LogP contribution >= 0.6 is 15.6 Å². The van der Waals surface area contributed by atoms with Gasteiger partial charge in [0.05, 0.1) is 26.4 Å². The van der Waals surface area contributed by atoms with Gasteiger partial charge in [-0.15, -0.1) is 0 Å².